The minimum Gasteiger partial charge on any atom is -0.508 e. The molecule has 0 fully saturated rings. The lowest BCUT2D eigenvalue weighted by Gasteiger charge is -2.23. The average molecular weight is 421 g/mol. The van der Waals surface area contributed by atoms with Crippen LogP contribution >= 0.6 is 0 Å². The van der Waals surface area contributed by atoms with Crippen molar-refractivity contribution in [2.45, 2.75) is 117 Å². The van der Waals surface area contributed by atoms with E-state index in [2.05, 4.69) is 6.92 Å². The average Bonchev–Trinajstić information content (AvgIpc) is 2.69. The van der Waals surface area contributed by atoms with Crippen molar-refractivity contribution in [1.29, 1.82) is 0 Å². The Morgan fingerprint density at radius 3 is 2.03 bits per heavy atom. The predicted octanol–water partition coefficient (Wildman–Crippen LogP) is 7.31. The summed E-state index contributed by atoms with van der Waals surface area (Å²) in [5.41, 5.74) is 0.598. The fourth-order valence-corrected chi connectivity index (χ4v) is 3.63. The number of carbonyl (C=O) groups excluding carboxylic acids is 1. The lowest BCUT2D eigenvalue weighted by Crippen LogP contribution is -2.29. The minimum absolute atomic E-state index is 0.209. The summed E-state index contributed by atoms with van der Waals surface area (Å²) >= 11 is 0. The van der Waals surface area contributed by atoms with E-state index >= 15 is 0 Å². The molecular weight excluding hydrogens is 376 g/mol. The Balaban J connectivity index is 2.50. The third-order valence-electron chi connectivity index (χ3n) is 5.42. The van der Waals surface area contributed by atoms with Gasteiger partial charge in [-0.2, -0.15) is 0 Å². The van der Waals surface area contributed by atoms with Crippen LogP contribution in [-0.2, 0) is 14.9 Å². The van der Waals surface area contributed by atoms with Crippen LogP contribution in [0.25, 0.3) is 0 Å². The molecule has 1 N–H and O–H groups in total. The molecule has 4 nitrogen and oxygen atoms in total. The molecule has 30 heavy (non-hydrogen) atoms. The molecule has 0 saturated heterocycles. The van der Waals surface area contributed by atoms with E-state index in [-0.39, 0.29) is 17.1 Å². The van der Waals surface area contributed by atoms with E-state index in [1.165, 1.54) is 51.4 Å². The molecule has 0 spiro atoms. The third kappa shape index (κ3) is 10.4. The molecule has 0 heterocycles. The van der Waals surface area contributed by atoms with Gasteiger partial charge in [0.25, 0.3) is 0 Å². The summed E-state index contributed by atoms with van der Waals surface area (Å²) in [5, 5.41) is 10.2. The van der Waals surface area contributed by atoms with Gasteiger partial charge in [0.2, 0.25) is 0 Å². The molecule has 172 valence electrons. The number of hydrogen-bond acceptors (Lipinski definition) is 4. The number of phenolic OH excluding ortho intramolecular Hbond substituents is 1. The molecule has 1 unspecified atom stereocenters. The first-order chi connectivity index (χ1) is 14.3. The van der Waals surface area contributed by atoms with Crippen molar-refractivity contribution < 1.29 is 19.4 Å². The van der Waals surface area contributed by atoms with E-state index in [9.17, 15) is 9.90 Å². The highest BCUT2D eigenvalue weighted by molar-refractivity contribution is 5.75. The quantitative estimate of drug-likeness (QED) is 0.239. The Morgan fingerprint density at radius 1 is 0.933 bits per heavy atom. The fourth-order valence-electron chi connectivity index (χ4n) is 3.63. The van der Waals surface area contributed by atoms with Gasteiger partial charge in [0.15, 0.2) is 6.10 Å². The first-order valence-electron chi connectivity index (χ1n) is 12.0. The van der Waals surface area contributed by atoms with Gasteiger partial charge >= 0.3 is 5.97 Å². The van der Waals surface area contributed by atoms with E-state index in [1.54, 1.807) is 12.1 Å². The largest absolute Gasteiger partial charge is 0.508 e. The van der Waals surface area contributed by atoms with Crippen LogP contribution < -0.4 is 4.74 Å². The van der Waals surface area contributed by atoms with Gasteiger partial charge in [-0.15, -0.1) is 0 Å². The first kappa shape index (κ1) is 26.3. The molecule has 0 saturated carbocycles. The van der Waals surface area contributed by atoms with Crippen molar-refractivity contribution in [3.63, 3.8) is 0 Å². The van der Waals surface area contributed by atoms with Crippen molar-refractivity contribution in [2.24, 2.45) is 0 Å². The maximum Gasteiger partial charge on any atom is 0.347 e. The number of ether oxygens (including phenoxy) is 2. The maximum atomic E-state index is 12.4. The summed E-state index contributed by atoms with van der Waals surface area (Å²) < 4.78 is 11.2. The Hall–Kier alpha value is -1.71. The van der Waals surface area contributed by atoms with E-state index in [1.807, 2.05) is 33.8 Å². The van der Waals surface area contributed by atoms with Crippen molar-refractivity contribution in [2.75, 3.05) is 6.61 Å². The number of carbonyl (C=O) groups is 1. The molecule has 1 aromatic rings. The summed E-state index contributed by atoms with van der Waals surface area (Å²) in [6.07, 6.45) is 12.6. The molecule has 1 aromatic carbocycles. The van der Waals surface area contributed by atoms with Crippen LogP contribution in [0, 0.1) is 0 Å². The molecule has 0 bridgehead atoms. The smallest absolute Gasteiger partial charge is 0.347 e. The van der Waals surface area contributed by atoms with Crippen LogP contribution in [0.3, 0.4) is 0 Å². The topological polar surface area (TPSA) is 55.8 Å². The van der Waals surface area contributed by atoms with Gasteiger partial charge < -0.3 is 14.6 Å². The second kappa shape index (κ2) is 14.3. The third-order valence-corrected chi connectivity index (χ3v) is 5.42. The van der Waals surface area contributed by atoms with Gasteiger partial charge in [-0.1, -0.05) is 85.5 Å². The SMILES string of the molecule is CCCCCCCCCCCCC(Oc1ccc(O)c(C(C)(C)C)c1)C(=O)OCC. The second-order valence-electron chi connectivity index (χ2n) is 9.26. The van der Waals surface area contributed by atoms with Crippen molar-refractivity contribution >= 4 is 5.97 Å². The van der Waals surface area contributed by atoms with Crippen molar-refractivity contribution in [3.05, 3.63) is 23.8 Å². The van der Waals surface area contributed by atoms with E-state index in [0.29, 0.717) is 18.8 Å². The van der Waals surface area contributed by atoms with Crippen LogP contribution in [-0.4, -0.2) is 23.8 Å². The fraction of sp³-hybridized carbons (Fsp3) is 0.731. The molecule has 0 aliphatic carbocycles. The highest BCUT2D eigenvalue weighted by Crippen LogP contribution is 2.34. The normalized spacial score (nSPS) is 12.6. The zero-order chi connectivity index (χ0) is 22.4. The van der Waals surface area contributed by atoms with Gasteiger partial charge in [-0.05, 0) is 43.4 Å². The van der Waals surface area contributed by atoms with Crippen molar-refractivity contribution in [1.82, 2.24) is 0 Å². The number of aromatic hydroxyl groups is 1. The van der Waals surface area contributed by atoms with Crippen molar-refractivity contribution in [3.8, 4) is 11.5 Å². The highest BCUT2D eigenvalue weighted by atomic mass is 16.6. The monoisotopic (exact) mass is 420 g/mol. The summed E-state index contributed by atoms with van der Waals surface area (Å²) in [4.78, 5) is 12.4. The standard InChI is InChI=1S/C26H44O4/c1-6-8-9-10-11-12-13-14-15-16-17-24(25(28)29-7-2)30-21-18-19-23(27)22(20-21)26(3,4)5/h18-20,24,27H,6-17H2,1-5H3. The molecule has 1 atom stereocenters. The summed E-state index contributed by atoms with van der Waals surface area (Å²) in [5.74, 6) is 0.541. The highest BCUT2D eigenvalue weighted by Gasteiger charge is 2.24. The Bertz CT molecular complexity index is 604. The Kier molecular flexibility index (Phi) is 12.6. The molecule has 0 radical (unpaired) electrons. The van der Waals surface area contributed by atoms with Gasteiger partial charge in [0.05, 0.1) is 6.61 Å². The molecule has 1 rings (SSSR count). The molecule has 0 aliphatic heterocycles. The second-order valence-corrected chi connectivity index (χ2v) is 9.26. The lowest BCUT2D eigenvalue weighted by atomic mass is 9.86. The first-order valence-corrected chi connectivity index (χ1v) is 12.0. The maximum absolute atomic E-state index is 12.4. The number of rotatable bonds is 15. The predicted molar refractivity (Wildman–Crippen MR) is 124 cm³/mol. The number of phenols is 1. The number of esters is 1. The van der Waals surface area contributed by atoms with Gasteiger partial charge in [0, 0.05) is 5.56 Å². The lowest BCUT2D eigenvalue weighted by molar-refractivity contribution is -0.151. The molecule has 0 aromatic heterocycles. The van der Waals surface area contributed by atoms with E-state index < -0.39 is 6.10 Å². The number of hydrogen-bond donors (Lipinski definition) is 1. The minimum atomic E-state index is -0.601. The number of benzene rings is 1. The van der Waals surface area contributed by atoms with Gasteiger partial charge in [0.1, 0.15) is 11.5 Å². The zero-order valence-electron chi connectivity index (χ0n) is 20.0. The van der Waals surface area contributed by atoms with E-state index in [0.717, 1.165) is 18.4 Å². The van der Waals surface area contributed by atoms with Crippen LogP contribution in [0.1, 0.15) is 111 Å². The van der Waals surface area contributed by atoms with Gasteiger partial charge in [-0.25, -0.2) is 4.79 Å². The molecular formula is C26H44O4. The van der Waals surface area contributed by atoms with Crippen LogP contribution in [0.5, 0.6) is 11.5 Å². The summed E-state index contributed by atoms with van der Waals surface area (Å²) in [7, 11) is 0. The zero-order valence-corrected chi connectivity index (χ0v) is 20.0. The Morgan fingerprint density at radius 2 is 1.50 bits per heavy atom. The summed E-state index contributed by atoms with van der Waals surface area (Å²) in [6.45, 7) is 10.5. The number of unbranched alkanes of at least 4 members (excludes halogenated alkanes) is 9. The Labute approximate surface area is 184 Å². The van der Waals surface area contributed by atoms with Gasteiger partial charge in [-0.3, -0.25) is 0 Å². The molecule has 0 aliphatic rings. The van der Waals surface area contributed by atoms with E-state index in [4.69, 9.17) is 9.47 Å². The van der Waals surface area contributed by atoms with Crippen LogP contribution in [0.2, 0.25) is 0 Å². The molecule has 4 heteroatoms. The molecule has 0 amide bonds. The van der Waals surface area contributed by atoms with Crippen LogP contribution in [0.4, 0.5) is 0 Å². The van der Waals surface area contributed by atoms with Crippen LogP contribution in [0.15, 0.2) is 18.2 Å². The summed E-state index contributed by atoms with van der Waals surface area (Å²) in [6, 6.07) is 5.19.